The Kier molecular flexibility index (Phi) is 5.27. The van der Waals surface area contributed by atoms with E-state index < -0.39 is 22.7 Å². The van der Waals surface area contributed by atoms with Crippen LogP contribution in [-0.4, -0.2) is 15.7 Å². The lowest BCUT2D eigenvalue weighted by molar-refractivity contribution is -0.137. The molecule has 0 saturated carbocycles. The average Bonchev–Trinajstić information content (AvgIpc) is 3.18. The van der Waals surface area contributed by atoms with E-state index in [-0.39, 0.29) is 5.69 Å². The van der Waals surface area contributed by atoms with Crippen LogP contribution in [0.3, 0.4) is 0 Å². The standard InChI is InChI=1S/C16H10Cl2F3N3OS/c17-10-5-22-24(7-10)6-9-3-14(26-8-9)15(25)23-11-1-2-13(18)12(4-11)16(19,20)21/h1-5,7-8H,6H2,(H,23,25). The highest BCUT2D eigenvalue weighted by molar-refractivity contribution is 7.12. The Bertz CT molecular complexity index is 952. The van der Waals surface area contributed by atoms with Crippen molar-refractivity contribution in [3.8, 4) is 0 Å². The van der Waals surface area contributed by atoms with E-state index in [1.54, 1.807) is 22.3 Å². The molecule has 3 rings (SSSR count). The number of nitrogens with zero attached hydrogens (tertiary/aromatic N) is 2. The summed E-state index contributed by atoms with van der Waals surface area (Å²) < 4.78 is 40.3. The molecule has 1 aromatic carbocycles. The van der Waals surface area contributed by atoms with Crippen molar-refractivity contribution in [2.45, 2.75) is 12.7 Å². The fourth-order valence-corrected chi connectivity index (χ4v) is 3.38. The van der Waals surface area contributed by atoms with Crippen LogP contribution in [0.25, 0.3) is 0 Å². The van der Waals surface area contributed by atoms with E-state index in [0.29, 0.717) is 16.4 Å². The normalized spacial score (nSPS) is 11.6. The molecule has 0 bridgehead atoms. The van der Waals surface area contributed by atoms with Crippen molar-refractivity contribution >= 4 is 46.1 Å². The number of hydrogen-bond acceptors (Lipinski definition) is 3. The van der Waals surface area contributed by atoms with E-state index in [2.05, 4.69) is 10.4 Å². The van der Waals surface area contributed by atoms with Crippen LogP contribution in [-0.2, 0) is 12.7 Å². The molecule has 2 heterocycles. The number of anilines is 1. The number of halogens is 5. The second-order valence-corrected chi connectivity index (χ2v) is 7.08. The Balaban J connectivity index is 1.73. The summed E-state index contributed by atoms with van der Waals surface area (Å²) in [6.07, 6.45) is -1.45. The highest BCUT2D eigenvalue weighted by atomic mass is 35.5. The number of aromatic nitrogens is 2. The Morgan fingerprint density at radius 3 is 2.69 bits per heavy atom. The molecule has 0 radical (unpaired) electrons. The predicted molar refractivity (Wildman–Crippen MR) is 95.1 cm³/mol. The minimum absolute atomic E-state index is 0.0144. The van der Waals surface area contributed by atoms with Crippen molar-refractivity contribution in [3.05, 3.63) is 68.1 Å². The lowest BCUT2D eigenvalue weighted by Crippen LogP contribution is -2.12. The van der Waals surface area contributed by atoms with Crippen LogP contribution in [0.4, 0.5) is 18.9 Å². The van der Waals surface area contributed by atoms with Crippen LogP contribution in [0.1, 0.15) is 20.8 Å². The predicted octanol–water partition coefficient (Wildman–Crippen LogP) is 5.57. The molecule has 136 valence electrons. The molecule has 0 aliphatic carbocycles. The Morgan fingerprint density at radius 1 is 1.27 bits per heavy atom. The van der Waals surface area contributed by atoms with E-state index in [0.717, 1.165) is 17.7 Å². The molecule has 0 aliphatic rings. The number of nitrogens with one attached hydrogen (secondary N) is 1. The zero-order chi connectivity index (χ0) is 18.9. The number of carbonyl (C=O) groups is 1. The van der Waals surface area contributed by atoms with Gasteiger partial charge in [0.15, 0.2) is 0 Å². The Labute approximate surface area is 160 Å². The van der Waals surface area contributed by atoms with Gasteiger partial charge in [-0.2, -0.15) is 18.3 Å². The minimum atomic E-state index is -4.60. The van der Waals surface area contributed by atoms with Crippen molar-refractivity contribution in [2.24, 2.45) is 0 Å². The van der Waals surface area contributed by atoms with Gasteiger partial charge in [-0.1, -0.05) is 23.2 Å². The second kappa shape index (κ2) is 7.30. The third-order valence-electron chi connectivity index (χ3n) is 3.35. The fraction of sp³-hybridized carbons (Fsp3) is 0.125. The summed E-state index contributed by atoms with van der Waals surface area (Å²) in [6, 6.07) is 4.87. The van der Waals surface area contributed by atoms with Crippen molar-refractivity contribution in [3.63, 3.8) is 0 Å². The number of amides is 1. The first-order valence-electron chi connectivity index (χ1n) is 7.16. The van der Waals surface area contributed by atoms with E-state index in [1.807, 2.05) is 0 Å². The van der Waals surface area contributed by atoms with Gasteiger partial charge in [-0.25, -0.2) is 0 Å². The highest BCUT2D eigenvalue weighted by Crippen LogP contribution is 2.36. The van der Waals surface area contributed by atoms with Crippen molar-refractivity contribution in [1.82, 2.24) is 9.78 Å². The molecular weight excluding hydrogens is 410 g/mol. The van der Waals surface area contributed by atoms with Crippen LogP contribution < -0.4 is 5.32 Å². The van der Waals surface area contributed by atoms with Gasteiger partial charge in [0.2, 0.25) is 0 Å². The van der Waals surface area contributed by atoms with Gasteiger partial charge in [0.1, 0.15) is 0 Å². The number of thiophene rings is 1. The first-order valence-corrected chi connectivity index (χ1v) is 8.79. The smallest absolute Gasteiger partial charge is 0.321 e. The van der Waals surface area contributed by atoms with Gasteiger partial charge in [0.25, 0.3) is 5.91 Å². The van der Waals surface area contributed by atoms with Crippen LogP contribution in [0.2, 0.25) is 10.0 Å². The summed E-state index contributed by atoms with van der Waals surface area (Å²) in [4.78, 5) is 12.6. The van der Waals surface area contributed by atoms with Gasteiger partial charge in [-0.15, -0.1) is 11.3 Å². The van der Waals surface area contributed by atoms with Gasteiger partial charge in [0, 0.05) is 11.9 Å². The van der Waals surface area contributed by atoms with Crippen molar-refractivity contribution < 1.29 is 18.0 Å². The molecule has 1 amide bonds. The average molecular weight is 420 g/mol. The van der Waals surface area contributed by atoms with Gasteiger partial charge >= 0.3 is 6.18 Å². The van der Waals surface area contributed by atoms with E-state index in [9.17, 15) is 18.0 Å². The first-order chi connectivity index (χ1) is 12.2. The molecule has 4 nitrogen and oxygen atoms in total. The molecular formula is C16H10Cl2F3N3OS. The Morgan fingerprint density at radius 2 is 2.04 bits per heavy atom. The summed E-state index contributed by atoms with van der Waals surface area (Å²) in [5.74, 6) is -0.504. The summed E-state index contributed by atoms with van der Waals surface area (Å²) >= 11 is 12.5. The zero-order valence-corrected chi connectivity index (χ0v) is 15.2. The number of alkyl halides is 3. The van der Waals surface area contributed by atoms with Crippen molar-refractivity contribution in [1.29, 1.82) is 0 Å². The quantitative estimate of drug-likeness (QED) is 0.600. The van der Waals surface area contributed by atoms with Crippen LogP contribution in [0, 0.1) is 0 Å². The summed E-state index contributed by atoms with van der Waals surface area (Å²) in [5, 5.41) is 8.34. The molecule has 1 N–H and O–H groups in total. The second-order valence-electron chi connectivity index (χ2n) is 5.32. The van der Waals surface area contributed by atoms with Gasteiger partial charge in [-0.05, 0) is 35.2 Å². The maximum atomic E-state index is 12.9. The number of hydrogen-bond donors (Lipinski definition) is 1. The molecule has 0 saturated heterocycles. The van der Waals surface area contributed by atoms with E-state index in [4.69, 9.17) is 23.2 Å². The minimum Gasteiger partial charge on any atom is -0.321 e. The molecule has 0 aliphatic heterocycles. The lowest BCUT2D eigenvalue weighted by Gasteiger charge is -2.11. The lowest BCUT2D eigenvalue weighted by atomic mass is 10.2. The number of rotatable bonds is 4. The Hall–Kier alpha value is -2.03. The fourth-order valence-electron chi connectivity index (χ4n) is 2.20. The third kappa shape index (κ3) is 4.38. The largest absolute Gasteiger partial charge is 0.417 e. The molecule has 10 heteroatoms. The summed E-state index contributed by atoms with van der Waals surface area (Å²) in [6.45, 7) is 0.426. The van der Waals surface area contributed by atoms with Gasteiger partial charge < -0.3 is 5.32 Å². The number of benzene rings is 1. The third-order valence-corrected chi connectivity index (χ3v) is 4.86. The van der Waals surface area contributed by atoms with E-state index >= 15 is 0 Å². The van der Waals surface area contributed by atoms with E-state index in [1.165, 1.54) is 23.6 Å². The molecule has 0 fully saturated rings. The first kappa shape index (κ1) is 18.8. The molecule has 3 aromatic rings. The number of carbonyl (C=O) groups excluding carboxylic acids is 1. The SMILES string of the molecule is O=C(Nc1ccc(Cl)c(C(F)(F)F)c1)c1cc(Cn2cc(Cl)cn2)cs1. The summed E-state index contributed by atoms with van der Waals surface area (Å²) in [7, 11) is 0. The molecule has 2 aromatic heterocycles. The van der Waals surface area contributed by atoms with Crippen molar-refractivity contribution in [2.75, 3.05) is 5.32 Å². The molecule has 26 heavy (non-hydrogen) atoms. The van der Waals surface area contributed by atoms with Crippen LogP contribution >= 0.6 is 34.5 Å². The maximum absolute atomic E-state index is 12.9. The molecule has 0 spiro atoms. The zero-order valence-electron chi connectivity index (χ0n) is 12.8. The maximum Gasteiger partial charge on any atom is 0.417 e. The van der Waals surface area contributed by atoms with Gasteiger partial charge in [0.05, 0.1) is 33.2 Å². The van der Waals surface area contributed by atoms with Crippen LogP contribution in [0.5, 0.6) is 0 Å². The monoisotopic (exact) mass is 419 g/mol. The summed E-state index contributed by atoms with van der Waals surface area (Å²) in [5.41, 5.74) is -0.160. The molecule has 0 unspecified atom stereocenters. The highest BCUT2D eigenvalue weighted by Gasteiger charge is 2.33. The van der Waals surface area contributed by atoms with Crippen LogP contribution in [0.15, 0.2) is 42.0 Å². The van der Waals surface area contributed by atoms with Gasteiger partial charge in [-0.3, -0.25) is 9.48 Å². The molecule has 0 atom stereocenters. The topological polar surface area (TPSA) is 46.9 Å².